The Bertz CT molecular complexity index is 916. The third kappa shape index (κ3) is 4.00. The number of sulfonamides is 1. The van der Waals surface area contributed by atoms with Gasteiger partial charge in [0.15, 0.2) is 19.7 Å². The zero-order chi connectivity index (χ0) is 17.3. The van der Waals surface area contributed by atoms with Crippen molar-refractivity contribution in [3.63, 3.8) is 0 Å². The monoisotopic (exact) mass is 379 g/mol. The Morgan fingerprint density at radius 2 is 1.87 bits per heavy atom. The molecule has 0 amide bonds. The Morgan fingerprint density at radius 1 is 1.22 bits per heavy atom. The number of rotatable bonds is 6. The molecular weight excluding hydrogens is 362 g/mol. The second-order valence-electron chi connectivity index (χ2n) is 5.19. The first-order valence-electron chi connectivity index (χ1n) is 6.73. The molecule has 23 heavy (non-hydrogen) atoms. The number of hydrogen-bond donors (Lipinski definition) is 1. The van der Waals surface area contributed by atoms with Crippen molar-refractivity contribution in [2.24, 2.45) is 0 Å². The van der Waals surface area contributed by atoms with Crippen LogP contribution in [0.2, 0.25) is 0 Å². The molecule has 1 aromatic rings. The van der Waals surface area contributed by atoms with Gasteiger partial charge in [-0.3, -0.25) is 0 Å². The smallest absolute Gasteiger partial charge is 0.229 e. The van der Waals surface area contributed by atoms with E-state index in [-0.39, 0.29) is 28.5 Å². The van der Waals surface area contributed by atoms with Crippen LogP contribution < -0.4 is 4.72 Å². The van der Waals surface area contributed by atoms with Crippen LogP contribution in [-0.2, 0) is 29.7 Å². The van der Waals surface area contributed by atoms with Crippen molar-refractivity contribution >= 4 is 29.7 Å². The first kappa shape index (κ1) is 18.1. The third-order valence-electron chi connectivity index (χ3n) is 3.49. The normalized spacial score (nSPS) is 21.1. The molecule has 1 saturated heterocycles. The van der Waals surface area contributed by atoms with Crippen LogP contribution in [0.25, 0.3) is 0 Å². The number of sulfone groups is 2. The second kappa shape index (κ2) is 6.34. The van der Waals surface area contributed by atoms with Gasteiger partial charge in [-0.05, 0) is 24.6 Å². The maximum Gasteiger partial charge on any atom is 0.240 e. The van der Waals surface area contributed by atoms with Gasteiger partial charge in [-0.1, -0.05) is 12.1 Å². The average Bonchev–Trinajstić information content (AvgIpc) is 2.86. The molecule has 1 fully saturated rings. The number of benzene rings is 1. The van der Waals surface area contributed by atoms with E-state index in [0.29, 0.717) is 0 Å². The van der Waals surface area contributed by atoms with E-state index >= 15 is 0 Å². The summed E-state index contributed by atoms with van der Waals surface area (Å²) in [6.07, 6.45) is 1.39. The van der Waals surface area contributed by atoms with E-state index < -0.39 is 40.7 Å². The van der Waals surface area contributed by atoms with Crippen molar-refractivity contribution in [2.45, 2.75) is 21.5 Å². The molecule has 0 aromatic heterocycles. The van der Waals surface area contributed by atoms with Crippen molar-refractivity contribution in [2.75, 3.05) is 18.1 Å². The van der Waals surface area contributed by atoms with Crippen LogP contribution in [0.15, 0.2) is 46.7 Å². The molecule has 1 aromatic carbocycles. The van der Waals surface area contributed by atoms with Crippen molar-refractivity contribution in [1.82, 2.24) is 4.72 Å². The van der Waals surface area contributed by atoms with Gasteiger partial charge in [-0.2, -0.15) is 0 Å². The minimum atomic E-state index is -3.90. The third-order valence-corrected chi connectivity index (χ3v) is 9.08. The van der Waals surface area contributed by atoms with E-state index in [1.807, 2.05) is 0 Å². The van der Waals surface area contributed by atoms with Crippen LogP contribution in [0.4, 0.5) is 0 Å². The van der Waals surface area contributed by atoms with Crippen molar-refractivity contribution < 1.29 is 25.3 Å². The molecule has 1 aliphatic heterocycles. The summed E-state index contributed by atoms with van der Waals surface area (Å²) in [5, 5.41) is -1.04. The summed E-state index contributed by atoms with van der Waals surface area (Å²) in [5.41, 5.74) is 0. The molecule has 7 nitrogen and oxygen atoms in total. The zero-order valence-electron chi connectivity index (χ0n) is 12.2. The predicted molar refractivity (Wildman–Crippen MR) is 86.1 cm³/mol. The summed E-state index contributed by atoms with van der Waals surface area (Å²) < 4.78 is 74.3. The van der Waals surface area contributed by atoms with Gasteiger partial charge < -0.3 is 0 Å². The maximum absolute atomic E-state index is 12.5. The summed E-state index contributed by atoms with van der Waals surface area (Å²) >= 11 is 0. The average molecular weight is 379 g/mol. The Labute approximate surface area is 136 Å². The molecule has 128 valence electrons. The summed E-state index contributed by atoms with van der Waals surface area (Å²) in [6.45, 7) is 3.41. The molecule has 1 atom stereocenters. The van der Waals surface area contributed by atoms with Crippen LogP contribution in [0.5, 0.6) is 0 Å². The highest BCUT2D eigenvalue weighted by atomic mass is 32.2. The fraction of sp³-hybridized carbons (Fsp3) is 0.385. The van der Waals surface area contributed by atoms with E-state index in [0.717, 1.165) is 6.07 Å². The fourth-order valence-electron chi connectivity index (χ4n) is 2.27. The van der Waals surface area contributed by atoms with E-state index in [9.17, 15) is 25.3 Å². The summed E-state index contributed by atoms with van der Waals surface area (Å²) in [7, 11) is -11.1. The zero-order valence-corrected chi connectivity index (χ0v) is 14.6. The van der Waals surface area contributed by atoms with Crippen LogP contribution in [0, 0.1) is 0 Å². The van der Waals surface area contributed by atoms with Crippen LogP contribution >= 0.6 is 0 Å². The lowest BCUT2D eigenvalue weighted by molar-refractivity contribution is 0.581. The first-order valence-corrected chi connectivity index (χ1v) is 11.6. The topological polar surface area (TPSA) is 114 Å². The second-order valence-corrected chi connectivity index (χ2v) is 11.4. The van der Waals surface area contributed by atoms with E-state index in [1.54, 1.807) is 0 Å². The Hall–Kier alpha value is -1.23. The standard InChI is InChI=1S/C13H17NO6S3/c1-2-7-14-23(19,20)12-5-3-4-11(9-12)22(17,18)13-6-8-21(15,16)10-13/h2-5,9,13-14H,1,6-8,10H2. The van der Waals surface area contributed by atoms with Crippen LogP contribution in [0.1, 0.15) is 6.42 Å². The van der Waals surface area contributed by atoms with Gasteiger partial charge in [0.1, 0.15) is 0 Å². The molecule has 2 rings (SSSR count). The molecule has 0 aliphatic carbocycles. The largest absolute Gasteiger partial charge is 0.240 e. The number of hydrogen-bond acceptors (Lipinski definition) is 6. The van der Waals surface area contributed by atoms with Crippen molar-refractivity contribution in [3.8, 4) is 0 Å². The molecule has 1 aliphatic rings. The van der Waals surface area contributed by atoms with Gasteiger partial charge in [0.2, 0.25) is 10.0 Å². The highest BCUT2D eigenvalue weighted by molar-refractivity contribution is 7.96. The predicted octanol–water partition coefficient (Wildman–Crippen LogP) is 0.112. The lowest BCUT2D eigenvalue weighted by Gasteiger charge is -2.11. The molecule has 1 unspecified atom stereocenters. The van der Waals surface area contributed by atoms with Crippen LogP contribution in [0.3, 0.4) is 0 Å². The quantitative estimate of drug-likeness (QED) is 0.702. The minimum Gasteiger partial charge on any atom is -0.229 e. The molecule has 0 radical (unpaired) electrons. The lowest BCUT2D eigenvalue weighted by Crippen LogP contribution is -2.25. The molecule has 0 bridgehead atoms. The van der Waals surface area contributed by atoms with Crippen molar-refractivity contribution in [1.29, 1.82) is 0 Å². The highest BCUT2D eigenvalue weighted by Gasteiger charge is 2.38. The maximum atomic E-state index is 12.5. The van der Waals surface area contributed by atoms with E-state index in [1.165, 1.54) is 24.3 Å². The van der Waals surface area contributed by atoms with E-state index in [2.05, 4.69) is 11.3 Å². The molecule has 0 spiro atoms. The Morgan fingerprint density at radius 3 is 2.43 bits per heavy atom. The molecular formula is C13H17NO6S3. The molecule has 0 saturated carbocycles. The fourth-order valence-corrected chi connectivity index (χ4v) is 7.79. The van der Waals surface area contributed by atoms with Gasteiger partial charge in [-0.25, -0.2) is 30.0 Å². The highest BCUT2D eigenvalue weighted by Crippen LogP contribution is 2.26. The van der Waals surface area contributed by atoms with E-state index in [4.69, 9.17) is 0 Å². The van der Waals surface area contributed by atoms with Gasteiger partial charge in [0, 0.05) is 6.54 Å². The van der Waals surface area contributed by atoms with Gasteiger partial charge >= 0.3 is 0 Å². The molecule has 10 heteroatoms. The molecule has 1 heterocycles. The van der Waals surface area contributed by atoms with Gasteiger partial charge in [0.25, 0.3) is 0 Å². The van der Waals surface area contributed by atoms with Gasteiger partial charge in [0.05, 0.1) is 26.5 Å². The molecule has 1 N–H and O–H groups in total. The first-order chi connectivity index (χ1) is 10.6. The Balaban J connectivity index is 2.38. The summed E-state index contributed by atoms with van der Waals surface area (Å²) in [5.74, 6) is -0.600. The Kier molecular flexibility index (Phi) is 5.00. The van der Waals surface area contributed by atoms with Crippen LogP contribution in [-0.4, -0.2) is 48.6 Å². The minimum absolute atomic E-state index is 0.0141. The van der Waals surface area contributed by atoms with Gasteiger partial charge in [-0.15, -0.1) is 6.58 Å². The summed E-state index contributed by atoms with van der Waals surface area (Å²) in [6, 6.07) is 4.91. The number of nitrogens with one attached hydrogen (secondary N) is 1. The SMILES string of the molecule is C=CCNS(=O)(=O)c1cccc(S(=O)(=O)C2CCS(=O)(=O)C2)c1. The lowest BCUT2D eigenvalue weighted by atomic mass is 10.4. The summed E-state index contributed by atoms with van der Waals surface area (Å²) in [4.78, 5) is -0.387. The van der Waals surface area contributed by atoms with Crippen molar-refractivity contribution in [3.05, 3.63) is 36.9 Å².